The number of azo groups is 1. The van der Waals surface area contributed by atoms with E-state index in [4.69, 9.17) is 11.6 Å². The van der Waals surface area contributed by atoms with E-state index in [0.29, 0.717) is 6.42 Å². The summed E-state index contributed by atoms with van der Waals surface area (Å²) >= 11 is 5.81. The highest BCUT2D eigenvalue weighted by molar-refractivity contribution is 6.30. The minimum Gasteiger partial charge on any atom is -0.505 e. The van der Waals surface area contributed by atoms with E-state index in [2.05, 4.69) is 10.2 Å². The van der Waals surface area contributed by atoms with Gasteiger partial charge in [-0.2, -0.15) is 0 Å². The largest absolute Gasteiger partial charge is 0.505 e. The zero-order valence-corrected chi connectivity index (χ0v) is 15.9. The minimum absolute atomic E-state index is 0.0295. The molecule has 6 nitrogen and oxygen atoms in total. The molecule has 0 bridgehead atoms. The Labute approximate surface area is 167 Å². The van der Waals surface area contributed by atoms with Crippen LogP contribution in [0.1, 0.15) is 16.7 Å². The molecule has 1 N–H and O–H groups in total. The zero-order chi connectivity index (χ0) is 20.1. The van der Waals surface area contributed by atoms with Gasteiger partial charge in [-0.25, -0.2) is 0 Å². The van der Waals surface area contributed by atoms with Crippen molar-refractivity contribution >= 4 is 28.7 Å². The summed E-state index contributed by atoms with van der Waals surface area (Å²) < 4.78 is 0. The zero-order valence-electron chi connectivity index (χ0n) is 15.2. The van der Waals surface area contributed by atoms with Crippen LogP contribution in [0.15, 0.2) is 70.9 Å². The summed E-state index contributed by atoms with van der Waals surface area (Å²) in [6, 6.07) is 17.7. The number of phenolic OH excluding ortho intramolecular Hbond substituents is 1. The van der Waals surface area contributed by atoms with Crippen LogP contribution in [0.5, 0.6) is 5.75 Å². The number of benzene rings is 3. The van der Waals surface area contributed by atoms with Crippen molar-refractivity contribution in [3.8, 4) is 5.75 Å². The van der Waals surface area contributed by atoms with E-state index in [1.165, 1.54) is 23.8 Å². The van der Waals surface area contributed by atoms with Gasteiger partial charge in [0.2, 0.25) is 0 Å². The molecule has 0 unspecified atom stereocenters. The highest BCUT2D eigenvalue weighted by Gasteiger charge is 2.15. The Balaban J connectivity index is 1.88. The molecule has 0 heterocycles. The van der Waals surface area contributed by atoms with E-state index in [1.54, 1.807) is 6.07 Å². The molecule has 28 heavy (non-hydrogen) atoms. The summed E-state index contributed by atoms with van der Waals surface area (Å²) in [5.41, 5.74) is 2.94. The van der Waals surface area contributed by atoms with Gasteiger partial charge in [0.15, 0.2) is 5.69 Å². The molecule has 0 spiro atoms. The number of nitro groups is 1. The number of aryl methyl sites for hydroxylation is 3. The Kier molecular flexibility index (Phi) is 6.01. The molecule has 0 fully saturated rings. The first-order chi connectivity index (χ1) is 13.4. The third kappa shape index (κ3) is 4.72. The molecule has 0 atom stereocenters. The van der Waals surface area contributed by atoms with Crippen molar-refractivity contribution in [2.75, 3.05) is 0 Å². The van der Waals surface area contributed by atoms with Crippen molar-refractivity contribution in [3.63, 3.8) is 0 Å². The molecule has 3 aromatic carbocycles. The van der Waals surface area contributed by atoms with Crippen LogP contribution in [0.25, 0.3) is 0 Å². The quantitative estimate of drug-likeness (QED) is 0.295. The van der Waals surface area contributed by atoms with Gasteiger partial charge in [-0.15, -0.1) is 10.2 Å². The Morgan fingerprint density at radius 3 is 2.43 bits per heavy atom. The van der Waals surface area contributed by atoms with Crippen molar-refractivity contribution in [2.24, 2.45) is 10.2 Å². The summed E-state index contributed by atoms with van der Waals surface area (Å²) in [6.07, 6.45) is 1.41. The molecule has 0 radical (unpaired) electrons. The maximum atomic E-state index is 11.2. The van der Waals surface area contributed by atoms with E-state index in [9.17, 15) is 15.2 Å². The molecule has 0 aliphatic rings. The van der Waals surface area contributed by atoms with Crippen molar-refractivity contribution in [1.29, 1.82) is 0 Å². The fraction of sp³-hybridized carbons (Fsp3) is 0.143. The van der Waals surface area contributed by atoms with Gasteiger partial charge in [0.05, 0.1) is 4.92 Å². The summed E-state index contributed by atoms with van der Waals surface area (Å²) in [5.74, 6) is 0.0295. The number of halogens is 1. The fourth-order valence-electron chi connectivity index (χ4n) is 2.86. The Morgan fingerprint density at radius 1 is 1.00 bits per heavy atom. The van der Waals surface area contributed by atoms with Crippen LogP contribution in [0.4, 0.5) is 17.1 Å². The van der Waals surface area contributed by atoms with Crippen LogP contribution in [0.2, 0.25) is 5.02 Å². The SMILES string of the molecule is Cc1cc(CCc2ccccc2)c(O)c(/N=N/c2ccc(Cl)cc2[N+](=O)[O-])c1. The number of aromatic hydroxyl groups is 1. The lowest BCUT2D eigenvalue weighted by Gasteiger charge is -2.09. The van der Waals surface area contributed by atoms with Gasteiger partial charge in [0.1, 0.15) is 11.4 Å². The number of rotatable bonds is 6. The predicted octanol–water partition coefficient (Wildman–Crippen LogP) is 6.46. The van der Waals surface area contributed by atoms with Crippen LogP contribution >= 0.6 is 11.6 Å². The van der Waals surface area contributed by atoms with Crippen molar-refractivity contribution in [2.45, 2.75) is 19.8 Å². The third-order valence-corrected chi connectivity index (χ3v) is 4.47. The van der Waals surface area contributed by atoms with Crippen molar-refractivity contribution < 1.29 is 10.0 Å². The number of nitro benzene ring substituents is 1. The highest BCUT2D eigenvalue weighted by atomic mass is 35.5. The van der Waals surface area contributed by atoms with Gasteiger partial charge in [-0.3, -0.25) is 10.1 Å². The lowest BCUT2D eigenvalue weighted by atomic mass is 10.0. The number of phenols is 1. The van der Waals surface area contributed by atoms with Crippen LogP contribution in [-0.4, -0.2) is 10.0 Å². The van der Waals surface area contributed by atoms with Gasteiger partial charge in [0.25, 0.3) is 5.69 Å². The summed E-state index contributed by atoms with van der Waals surface area (Å²) in [6.45, 7) is 1.90. The molecular weight excluding hydrogens is 378 g/mol. The maximum Gasteiger partial charge on any atom is 0.298 e. The molecule has 7 heteroatoms. The first-order valence-corrected chi connectivity index (χ1v) is 9.04. The van der Waals surface area contributed by atoms with Gasteiger partial charge in [-0.05, 0) is 54.7 Å². The van der Waals surface area contributed by atoms with E-state index >= 15 is 0 Å². The van der Waals surface area contributed by atoms with E-state index in [0.717, 1.165) is 17.5 Å². The number of nitrogens with zero attached hydrogens (tertiary/aromatic N) is 3. The first-order valence-electron chi connectivity index (χ1n) is 8.66. The lowest BCUT2D eigenvalue weighted by Crippen LogP contribution is -1.93. The second-order valence-electron chi connectivity index (χ2n) is 6.37. The average molecular weight is 396 g/mol. The number of hydrogen-bond donors (Lipinski definition) is 1. The third-order valence-electron chi connectivity index (χ3n) is 4.24. The highest BCUT2D eigenvalue weighted by Crippen LogP contribution is 2.36. The molecule has 3 aromatic rings. The average Bonchev–Trinajstić information content (AvgIpc) is 2.68. The van der Waals surface area contributed by atoms with Crippen LogP contribution in [0.3, 0.4) is 0 Å². The second kappa shape index (κ2) is 8.63. The molecule has 0 saturated heterocycles. The molecule has 0 aromatic heterocycles. The standard InChI is InChI=1S/C21H18ClN3O3/c1-14-11-16(8-7-15-5-3-2-4-6-15)21(26)19(12-14)24-23-18-10-9-17(22)13-20(18)25(27)28/h2-6,9-13,26H,7-8H2,1H3/b24-23+. The molecule has 0 aliphatic carbocycles. The van der Waals surface area contributed by atoms with Crippen LogP contribution < -0.4 is 0 Å². The van der Waals surface area contributed by atoms with Gasteiger partial charge < -0.3 is 5.11 Å². The lowest BCUT2D eigenvalue weighted by molar-refractivity contribution is -0.384. The smallest absolute Gasteiger partial charge is 0.298 e. The van der Waals surface area contributed by atoms with Crippen LogP contribution in [0, 0.1) is 17.0 Å². The van der Waals surface area contributed by atoms with Gasteiger partial charge in [-0.1, -0.05) is 48.0 Å². The van der Waals surface area contributed by atoms with E-state index in [1.807, 2.05) is 43.3 Å². The topological polar surface area (TPSA) is 88.1 Å². The Bertz CT molecular complexity index is 1040. The monoisotopic (exact) mass is 395 g/mol. The van der Waals surface area contributed by atoms with Gasteiger partial charge >= 0.3 is 0 Å². The summed E-state index contributed by atoms with van der Waals surface area (Å²) in [4.78, 5) is 10.6. The molecular formula is C21H18ClN3O3. The maximum absolute atomic E-state index is 11.2. The first kappa shape index (κ1) is 19.5. The van der Waals surface area contributed by atoms with Gasteiger partial charge in [0, 0.05) is 11.1 Å². The second-order valence-corrected chi connectivity index (χ2v) is 6.80. The molecule has 0 saturated carbocycles. The molecule has 0 aliphatic heterocycles. The normalized spacial score (nSPS) is 11.1. The number of hydrogen-bond acceptors (Lipinski definition) is 5. The van der Waals surface area contributed by atoms with Crippen molar-refractivity contribution in [3.05, 3.63) is 92.5 Å². The Hall–Kier alpha value is -3.25. The molecule has 142 valence electrons. The van der Waals surface area contributed by atoms with E-state index < -0.39 is 4.92 Å². The molecule has 0 amide bonds. The van der Waals surface area contributed by atoms with Crippen molar-refractivity contribution in [1.82, 2.24) is 0 Å². The fourth-order valence-corrected chi connectivity index (χ4v) is 3.03. The minimum atomic E-state index is -0.568. The van der Waals surface area contributed by atoms with Crippen LogP contribution in [-0.2, 0) is 12.8 Å². The predicted molar refractivity (Wildman–Crippen MR) is 109 cm³/mol. The summed E-state index contributed by atoms with van der Waals surface area (Å²) in [7, 11) is 0. The van der Waals surface area contributed by atoms with E-state index in [-0.39, 0.29) is 27.8 Å². The molecule has 3 rings (SSSR count). The summed E-state index contributed by atoms with van der Waals surface area (Å²) in [5, 5.41) is 30.0. The Morgan fingerprint density at radius 2 is 1.71 bits per heavy atom.